The number of aromatic nitrogens is 3. The Morgan fingerprint density at radius 1 is 1.19 bits per heavy atom. The van der Waals surface area contributed by atoms with Crippen LogP contribution in [0.1, 0.15) is 5.69 Å². The highest BCUT2D eigenvalue weighted by Crippen LogP contribution is 2.31. The van der Waals surface area contributed by atoms with Crippen molar-refractivity contribution >= 4 is 22.7 Å². The van der Waals surface area contributed by atoms with Crippen molar-refractivity contribution in [1.82, 2.24) is 19.7 Å². The van der Waals surface area contributed by atoms with Crippen molar-refractivity contribution in [2.24, 2.45) is 0 Å². The normalized spacial score (nSPS) is 13.2. The zero-order chi connectivity index (χ0) is 17.9. The van der Waals surface area contributed by atoms with E-state index in [4.69, 9.17) is 14.5 Å². The second kappa shape index (κ2) is 6.79. The van der Waals surface area contributed by atoms with Gasteiger partial charge in [-0.1, -0.05) is 12.2 Å². The summed E-state index contributed by atoms with van der Waals surface area (Å²) in [6.45, 7) is 0.827. The molecule has 132 valence electrons. The summed E-state index contributed by atoms with van der Waals surface area (Å²) in [4.78, 5) is 9.17. The number of nitrogens with zero attached hydrogens (tertiary/aromatic N) is 3. The molecule has 2 N–H and O–H groups in total. The molecule has 1 aromatic carbocycles. The van der Waals surface area contributed by atoms with Crippen LogP contribution in [0.25, 0.3) is 11.2 Å². The Morgan fingerprint density at radius 3 is 2.85 bits per heavy atom. The maximum atomic E-state index is 5.37. The molecule has 4 rings (SSSR count). The lowest BCUT2D eigenvalue weighted by Gasteiger charge is -2.14. The van der Waals surface area contributed by atoms with Gasteiger partial charge in [0.15, 0.2) is 23.0 Å². The summed E-state index contributed by atoms with van der Waals surface area (Å²) < 4.78 is 12.6. The zero-order valence-corrected chi connectivity index (χ0v) is 14.6. The largest absolute Gasteiger partial charge is 0.493 e. The Bertz CT molecular complexity index is 1010. The van der Waals surface area contributed by atoms with E-state index in [1.165, 1.54) is 0 Å². The maximum Gasteiger partial charge on any atom is 0.180 e. The van der Waals surface area contributed by atoms with E-state index in [-0.39, 0.29) is 0 Å². The van der Waals surface area contributed by atoms with Gasteiger partial charge in [-0.15, -0.1) is 0 Å². The average molecular weight is 349 g/mol. The number of hydrogen-bond acceptors (Lipinski definition) is 6. The second-order valence-electron chi connectivity index (χ2n) is 5.74. The zero-order valence-electron chi connectivity index (χ0n) is 14.6. The molecular formula is C19H19N5O2. The molecule has 2 aromatic heterocycles. The van der Waals surface area contributed by atoms with Crippen LogP contribution in [0.15, 0.2) is 55.1 Å². The van der Waals surface area contributed by atoms with E-state index in [2.05, 4.69) is 27.8 Å². The van der Waals surface area contributed by atoms with E-state index >= 15 is 0 Å². The van der Waals surface area contributed by atoms with Gasteiger partial charge < -0.3 is 24.5 Å². The molecule has 0 saturated heterocycles. The fraction of sp³-hybridized carbons (Fsp3) is 0.158. The van der Waals surface area contributed by atoms with Crippen LogP contribution >= 0.6 is 0 Å². The number of rotatable bonds is 5. The van der Waals surface area contributed by atoms with E-state index in [0.29, 0.717) is 17.3 Å². The lowest BCUT2D eigenvalue weighted by atomic mass is 10.1. The number of anilines is 2. The standard InChI is InChI=1S/C19H19N5O2/c1-25-16-6-5-14(10-17(16)26-2)22-18-19-21-8-9-24(19)12-15(23-18)13-4-3-7-20-11-13/h3-6,8-12,20H,7H2,1-2H3,(H,22,23). The van der Waals surface area contributed by atoms with Crippen LogP contribution in [0.2, 0.25) is 0 Å². The van der Waals surface area contributed by atoms with Gasteiger partial charge in [-0.3, -0.25) is 0 Å². The molecular weight excluding hydrogens is 330 g/mol. The smallest absolute Gasteiger partial charge is 0.180 e. The first-order valence-electron chi connectivity index (χ1n) is 8.21. The molecule has 26 heavy (non-hydrogen) atoms. The van der Waals surface area contributed by atoms with Gasteiger partial charge in [0.1, 0.15) is 0 Å². The van der Waals surface area contributed by atoms with Crippen LogP contribution in [-0.2, 0) is 0 Å². The molecule has 3 heterocycles. The summed E-state index contributed by atoms with van der Waals surface area (Å²) in [5.74, 6) is 1.99. The Kier molecular flexibility index (Phi) is 4.18. The number of methoxy groups -OCH3 is 2. The number of nitrogens with one attached hydrogen (secondary N) is 2. The monoisotopic (exact) mass is 349 g/mol. The number of ether oxygens (including phenoxy) is 2. The molecule has 0 atom stereocenters. The minimum atomic E-state index is 0.648. The summed E-state index contributed by atoms with van der Waals surface area (Å²) >= 11 is 0. The van der Waals surface area contributed by atoms with Gasteiger partial charge in [0.25, 0.3) is 0 Å². The van der Waals surface area contributed by atoms with Crippen LogP contribution in [0.4, 0.5) is 11.5 Å². The first kappa shape index (κ1) is 16.0. The number of imidazole rings is 1. The molecule has 3 aromatic rings. The van der Waals surface area contributed by atoms with E-state index in [9.17, 15) is 0 Å². The molecule has 1 aliphatic rings. The number of dihydropyridines is 1. The van der Waals surface area contributed by atoms with Gasteiger partial charge in [-0.25, -0.2) is 9.97 Å². The first-order valence-corrected chi connectivity index (χ1v) is 8.21. The Morgan fingerprint density at radius 2 is 2.08 bits per heavy atom. The second-order valence-corrected chi connectivity index (χ2v) is 5.74. The van der Waals surface area contributed by atoms with Gasteiger partial charge in [0.2, 0.25) is 0 Å². The van der Waals surface area contributed by atoms with Gasteiger partial charge in [0, 0.05) is 48.7 Å². The van der Waals surface area contributed by atoms with E-state index in [1.54, 1.807) is 20.4 Å². The molecule has 0 saturated carbocycles. The number of fused-ring (bicyclic) bond motifs is 1. The third kappa shape index (κ3) is 2.95. The summed E-state index contributed by atoms with van der Waals surface area (Å²) in [6, 6.07) is 5.63. The molecule has 0 fully saturated rings. The molecule has 0 unspecified atom stereocenters. The Balaban J connectivity index is 1.75. The van der Waals surface area contributed by atoms with E-state index in [0.717, 1.165) is 29.1 Å². The van der Waals surface area contributed by atoms with Crippen molar-refractivity contribution in [3.05, 3.63) is 60.8 Å². The number of hydrogen-bond donors (Lipinski definition) is 2. The molecule has 0 amide bonds. The van der Waals surface area contributed by atoms with E-state index in [1.807, 2.05) is 41.2 Å². The van der Waals surface area contributed by atoms with Crippen LogP contribution < -0.4 is 20.1 Å². The fourth-order valence-corrected chi connectivity index (χ4v) is 2.84. The maximum absolute atomic E-state index is 5.37. The SMILES string of the molecule is COc1ccc(Nc2nc(C3=CNCC=C3)cn3ccnc23)cc1OC. The number of allylic oxidation sites excluding steroid dienone is 2. The first-order chi connectivity index (χ1) is 12.8. The Hall–Kier alpha value is -3.48. The third-order valence-corrected chi connectivity index (χ3v) is 4.11. The van der Waals surface area contributed by atoms with Gasteiger partial charge >= 0.3 is 0 Å². The van der Waals surface area contributed by atoms with Crippen LogP contribution in [-0.4, -0.2) is 35.1 Å². The van der Waals surface area contributed by atoms with Crippen LogP contribution in [0.3, 0.4) is 0 Å². The third-order valence-electron chi connectivity index (χ3n) is 4.11. The topological polar surface area (TPSA) is 72.7 Å². The van der Waals surface area contributed by atoms with Crippen molar-refractivity contribution in [1.29, 1.82) is 0 Å². The van der Waals surface area contributed by atoms with Crippen molar-refractivity contribution in [2.45, 2.75) is 0 Å². The highest BCUT2D eigenvalue weighted by molar-refractivity contribution is 5.77. The van der Waals surface area contributed by atoms with Crippen LogP contribution in [0, 0.1) is 0 Å². The highest BCUT2D eigenvalue weighted by atomic mass is 16.5. The highest BCUT2D eigenvalue weighted by Gasteiger charge is 2.12. The van der Waals surface area contributed by atoms with Gasteiger partial charge in [-0.05, 0) is 12.1 Å². The van der Waals surface area contributed by atoms with Gasteiger partial charge in [0.05, 0.1) is 19.9 Å². The predicted octanol–water partition coefficient (Wildman–Crippen LogP) is 2.99. The number of benzene rings is 1. The minimum absolute atomic E-state index is 0.648. The lowest BCUT2D eigenvalue weighted by molar-refractivity contribution is 0.355. The van der Waals surface area contributed by atoms with Crippen molar-refractivity contribution in [2.75, 3.05) is 26.1 Å². The Labute approximate surface area is 151 Å². The molecule has 0 bridgehead atoms. The quantitative estimate of drug-likeness (QED) is 0.738. The van der Waals surface area contributed by atoms with Crippen LogP contribution in [0.5, 0.6) is 11.5 Å². The fourth-order valence-electron chi connectivity index (χ4n) is 2.84. The van der Waals surface area contributed by atoms with Crippen molar-refractivity contribution in [3.63, 3.8) is 0 Å². The van der Waals surface area contributed by atoms with E-state index < -0.39 is 0 Å². The summed E-state index contributed by atoms with van der Waals surface area (Å²) in [7, 11) is 3.23. The lowest BCUT2D eigenvalue weighted by Crippen LogP contribution is -2.10. The summed E-state index contributed by atoms with van der Waals surface area (Å²) in [5, 5.41) is 6.54. The molecule has 1 aliphatic heterocycles. The molecule has 0 radical (unpaired) electrons. The van der Waals surface area contributed by atoms with Crippen molar-refractivity contribution in [3.8, 4) is 11.5 Å². The molecule has 0 spiro atoms. The minimum Gasteiger partial charge on any atom is -0.493 e. The van der Waals surface area contributed by atoms with Gasteiger partial charge in [-0.2, -0.15) is 0 Å². The molecule has 7 heteroatoms. The van der Waals surface area contributed by atoms with Crippen molar-refractivity contribution < 1.29 is 9.47 Å². The molecule has 0 aliphatic carbocycles. The molecule has 7 nitrogen and oxygen atoms in total. The summed E-state index contributed by atoms with van der Waals surface area (Å²) in [6.07, 6.45) is 11.7. The average Bonchev–Trinajstić information content (AvgIpc) is 3.17. The predicted molar refractivity (Wildman–Crippen MR) is 101 cm³/mol. The summed E-state index contributed by atoms with van der Waals surface area (Å²) in [5.41, 5.74) is 3.45.